The van der Waals surface area contributed by atoms with Gasteiger partial charge in [0.1, 0.15) is 5.75 Å². The first-order valence-corrected chi connectivity index (χ1v) is 7.75. The second kappa shape index (κ2) is 6.72. The smallest absolute Gasteiger partial charge is 0.122 e. The van der Waals surface area contributed by atoms with Gasteiger partial charge >= 0.3 is 0 Å². The summed E-state index contributed by atoms with van der Waals surface area (Å²) in [5.74, 6) is 1.05. The van der Waals surface area contributed by atoms with E-state index in [1.807, 2.05) is 12.3 Å². The van der Waals surface area contributed by atoms with Crippen molar-refractivity contribution in [1.29, 1.82) is 0 Å². The third-order valence-electron chi connectivity index (χ3n) is 3.90. The molecule has 0 bridgehead atoms. The van der Waals surface area contributed by atoms with Gasteiger partial charge in [-0.3, -0.25) is 4.98 Å². The first-order chi connectivity index (χ1) is 10.4. The van der Waals surface area contributed by atoms with Gasteiger partial charge in [0.15, 0.2) is 0 Å². The van der Waals surface area contributed by atoms with Crippen molar-refractivity contribution < 1.29 is 4.74 Å². The van der Waals surface area contributed by atoms with E-state index in [2.05, 4.69) is 47.6 Å². The standard InChI is InChI=1S/C18H22N2O/c1-2-9-20-17(13-16-5-3-4-10-19-16)14-6-7-18-15(12-14)8-11-21-18/h3-7,10,12,17,20H,2,8-9,11,13H2,1H3. The van der Waals surface area contributed by atoms with Gasteiger partial charge in [0.25, 0.3) is 0 Å². The molecule has 1 unspecified atom stereocenters. The molecule has 0 saturated heterocycles. The maximum absolute atomic E-state index is 5.60. The summed E-state index contributed by atoms with van der Waals surface area (Å²) >= 11 is 0. The third-order valence-corrected chi connectivity index (χ3v) is 3.90. The Balaban J connectivity index is 1.81. The highest BCUT2D eigenvalue weighted by Crippen LogP contribution is 2.29. The van der Waals surface area contributed by atoms with E-state index in [0.29, 0.717) is 6.04 Å². The first-order valence-electron chi connectivity index (χ1n) is 7.75. The molecule has 1 aromatic heterocycles. The number of hydrogen-bond acceptors (Lipinski definition) is 3. The van der Waals surface area contributed by atoms with Crippen LogP contribution in [0.25, 0.3) is 0 Å². The van der Waals surface area contributed by atoms with Crippen LogP contribution in [0.2, 0.25) is 0 Å². The Morgan fingerprint density at radius 3 is 3.05 bits per heavy atom. The fourth-order valence-corrected chi connectivity index (χ4v) is 2.78. The second-order valence-corrected chi connectivity index (χ2v) is 5.50. The van der Waals surface area contributed by atoms with Crippen LogP contribution in [0.1, 0.15) is 36.2 Å². The minimum absolute atomic E-state index is 0.311. The maximum Gasteiger partial charge on any atom is 0.122 e. The van der Waals surface area contributed by atoms with Crippen LogP contribution < -0.4 is 10.1 Å². The molecule has 3 nitrogen and oxygen atoms in total. The molecule has 110 valence electrons. The Kier molecular flexibility index (Phi) is 4.51. The molecule has 0 radical (unpaired) electrons. The van der Waals surface area contributed by atoms with Crippen molar-refractivity contribution in [2.75, 3.05) is 13.2 Å². The Bertz CT molecular complexity index is 583. The van der Waals surface area contributed by atoms with Gasteiger partial charge < -0.3 is 10.1 Å². The van der Waals surface area contributed by atoms with E-state index in [-0.39, 0.29) is 0 Å². The minimum Gasteiger partial charge on any atom is -0.493 e. The van der Waals surface area contributed by atoms with Gasteiger partial charge in [-0.15, -0.1) is 0 Å². The summed E-state index contributed by atoms with van der Waals surface area (Å²) < 4.78 is 5.60. The molecule has 0 spiro atoms. The van der Waals surface area contributed by atoms with Crippen LogP contribution in [0.15, 0.2) is 42.6 Å². The number of pyridine rings is 1. The van der Waals surface area contributed by atoms with E-state index >= 15 is 0 Å². The van der Waals surface area contributed by atoms with Crippen molar-refractivity contribution >= 4 is 0 Å². The molecular weight excluding hydrogens is 260 g/mol. The van der Waals surface area contributed by atoms with Crippen molar-refractivity contribution in [3.63, 3.8) is 0 Å². The van der Waals surface area contributed by atoms with Gasteiger partial charge in [-0.25, -0.2) is 0 Å². The zero-order chi connectivity index (χ0) is 14.5. The highest BCUT2D eigenvalue weighted by atomic mass is 16.5. The largest absolute Gasteiger partial charge is 0.493 e. The molecule has 0 aliphatic carbocycles. The molecule has 3 heteroatoms. The quantitative estimate of drug-likeness (QED) is 0.882. The van der Waals surface area contributed by atoms with Crippen LogP contribution in [0, 0.1) is 0 Å². The number of aromatic nitrogens is 1. The van der Waals surface area contributed by atoms with Gasteiger partial charge in [-0.1, -0.05) is 25.1 Å². The highest BCUT2D eigenvalue weighted by molar-refractivity contribution is 5.41. The third kappa shape index (κ3) is 3.42. The number of ether oxygens (including phenoxy) is 1. The van der Waals surface area contributed by atoms with Gasteiger partial charge in [0.2, 0.25) is 0 Å². The van der Waals surface area contributed by atoms with Crippen molar-refractivity contribution in [3.05, 3.63) is 59.4 Å². The number of rotatable bonds is 6. The molecule has 1 atom stereocenters. The summed E-state index contributed by atoms with van der Waals surface area (Å²) in [7, 11) is 0. The summed E-state index contributed by atoms with van der Waals surface area (Å²) in [6.45, 7) is 4.03. The average molecular weight is 282 g/mol. The summed E-state index contributed by atoms with van der Waals surface area (Å²) in [5.41, 5.74) is 3.79. The number of benzene rings is 1. The number of nitrogens with one attached hydrogen (secondary N) is 1. The van der Waals surface area contributed by atoms with E-state index in [9.17, 15) is 0 Å². The highest BCUT2D eigenvalue weighted by Gasteiger charge is 2.17. The van der Waals surface area contributed by atoms with E-state index in [1.165, 1.54) is 11.1 Å². The zero-order valence-electron chi connectivity index (χ0n) is 12.5. The monoisotopic (exact) mass is 282 g/mol. The van der Waals surface area contributed by atoms with E-state index in [4.69, 9.17) is 4.74 Å². The summed E-state index contributed by atoms with van der Waals surface area (Å²) in [6, 6.07) is 13.0. The fourth-order valence-electron chi connectivity index (χ4n) is 2.78. The molecule has 0 fully saturated rings. The lowest BCUT2D eigenvalue weighted by Crippen LogP contribution is -2.24. The Hall–Kier alpha value is -1.87. The molecule has 3 rings (SSSR count). The number of hydrogen-bond donors (Lipinski definition) is 1. The summed E-state index contributed by atoms with van der Waals surface area (Å²) in [5, 5.41) is 3.64. The first kappa shape index (κ1) is 14.1. The van der Waals surface area contributed by atoms with Gasteiger partial charge in [-0.05, 0) is 42.3 Å². The van der Waals surface area contributed by atoms with E-state index in [1.54, 1.807) is 0 Å². The van der Waals surface area contributed by atoms with Crippen molar-refractivity contribution in [3.8, 4) is 5.75 Å². The summed E-state index contributed by atoms with van der Waals surface area (Å²) in [6.07, 6.45) is 4.93. The second-order valence-electron chi connectivity index (χ2n) is 5.50. The molecule has 21 heavy (non-hydrogen) atoms. The molecular formula is C18H22N2O. The van der Waals surface area contributed by atoms with Crippen LogP contribution in [-0.4, -0.2) is 18.1 Å². The number of nitrogens with zero attached hydrogens (tertiary/aromatic N) is 1. The lowest BCUT2D eigenvalue weighted by atomic mass is 9.98. The Morgan fingerprint density at radius 2 is 2.24 bits per heavy atom. The lowest BCUT2D eigenvalue weighted by Gasteiger charge is -2.19. The predicted molar refractivity (Wildman–Crippen MR) is 84.6 cm³/mol. The van der Waals surface area contributed by atoms with Crippen molar-refractivity contribution in [2.24, 2.45) is 0 Å². The Labute approximate surface area is 126 Å². The normalized spacial score (nSPS) is 14.5. The van der Waals surface area contributed by atoms with E-state index in [0.717, 1.165) is 43.9 Å². The SMILES string of the molecule is CCCNC(Cc1ccccn1)c1ccc2c(c1)CCO2. The van der Waals surface area contributed by atoms with Gasteiger partial charge in [-0.2, -0.15) is 0 Å². The summed E-state index contributed by atoms with van der Waals surface area (Å²) in [4.78, 5) is 4.46. The molecule has 1 N–H and O–H groups in total. The zero-order valence-corrected chi connectivity index (χ0v) is 12.5. The van der Waals surface area contributed by atoms with Crippen LogP contribution in [0.4, 0.5) is 0 Å². The molecule has 2 aromatic rings. The minimum atomic E-state index is 0.311. The average Bonchev–Trinajstić information content (AvgIpc) is 3.00. The lowest BCUT2D eigenvalue weighted by molar-refractivity contribution is 0.356. The van der Waals surface area contributed by atoms with Crippen molar-refractivity contribution in [2.45, 2.75) is 32.2 Å². The molecule has 0 saturated carbocycles. The topological polar surface area (TPSA) is 34.2 Å². The van der Waals surface area contributed by atoms with Crippen LogP contribution in [-0.2, 0) is 12.8 Å². The molecule has 0 amide bonds. The molecule has 1 aliphatic rings. The molecule has 1 aliphatic heterocycles. The number of fused-ring (bicyclic) bond motifs is 1. The van der Waals surface area contributed by atoms with Crippen LogP contribution in [0.5, 0.6) is 5.75 Å². The van der Waals surface area contributed by atoms with Crippen LogP contribution in [0.3, 0.4) is 0 Å². The van der Waals surface area contributed by atoms with Gasteiger partial charge in [0, 0.05) is 30.8 Å². The molecule has 2 heterocycles. The Morgan fingerprint density at radius 1 is 1.29 bits per heavy atom. The predicted octanol–water partition coefficient (Wildman–Crippen LogP) is 3.30. The van der Waals surface area contributed by atoms with Crippen LogP contribution >= 0.6 is 0 Å². The van der Waals surface area contributed by atoms with E-state index < -0.39 is 0 Å². The maximum atomic E-state index is 5.60. The molecule has 1 aromatic carbocycles. The fraction of sp³-hybridized carbons (Fsp3) is 0.389. The van der Waals surface area contributed by atoms with Crippen molar-refractivity contribution in [1.82, 2.24) is 10.3 Å². The van der Waals surface area contributed by atoms with Gasteiger partial charge in [0.05, 0.1) is 6.61 Å².